The molecule has 8 heteroatoms. The molecule has 29 heavy (non-hydrogen) atoms. The van der Waals surface area contributed by atoms with Crippen molar-refractivity contribution in [2.75, 3.05) is 5.32 Å². The van der Waals surface area contributed by atoms with Crippen molar-refractivity contribution in [3.63, 3.8) is 0 Å². The minimum atomic E-state index is -0.640. The van der Waals surface area contributed by atoms with E-state index in [0.717, 1.165) is 20.9 Å². The molecule has 0 aliphatic rings. The topological polar surface area (TPSA) is 66.9 Å². The molecule has 0 spiro atoms. The highest BCUT2D eigenvalue weighted by Gasteiger charge is 2.26. The van der Waals surface area contributed by atoms with Gasteiger partial charge < -0.3 is 10.6 Å². The number of carbonyl (C=O) groups excluding carboxylic acids is 1. The summed E-state index contributed by atoms with van der Waals surface area (Å²) in [5.74, 6) is -0.385. The van der Waals surface area contributed by atoms with E-state index >= 15 is 0 Å². The van der Waals surface area contributed by atoms with E-state index < -0.39 is 11.6 Å². The van der Waals surface area contributed by atoms with Crippen LogP contribution in [0.5, 0.6) is 0 Å². The van der Waals surface area contributed by atoms with Crippen molar-refractivity contribution < 1.29 is 9.18 Å². The van der Waals surface area contributed by atoms with Crippen molar-refractivity contribution in [3.05, 3.63) is 64.4 Å². The van der Waals surface area contributed by atoms with Gasteiger partial charge in [0, 0.05) is 16.6 Å². The van der Waals surface area contributed by atoms with Crippen LogP contribution in [0.2, 0.25) is 0 Å². The molecule has 2 amide bonds. The van der Waals surface area contributed by atoms with E-state index in [1.807, 2.05) is 50.4 Å². The lowest BCUT2D eigenvalue weighted by atomic mass is 10.1. The highest BCUT2D eigenvalue weighted by atomic mass is 32.1. The van der Waals surface area contributed by atoms with Gasteiger partial charge in [-0.25, -0.2) is 19.2 Å². The molecule has 2 aromatic carbocycles. The molecule has 4 rings (SSSR count). The second-order valence-electron chi connectivity index (χ2n) is 7.17. The van der Waals surface area contributed by atoms with Gasteiger partial charge in [-0.15, -0.1) is 22.7 Å². The summed E-state index contributed by atoms with van der Waals surface area (Å²) in [5.41, 5.74) is 2.15. The van der Waals surface area contributed by atoms with Crippen LogP contribution >= 0.6 is 22.7 Å². The average Bonchev–Trinajstić information content (AvgIpc) is 3.29. The van der Waals surface area contributed by atoms with Crippen LogP contribution in [0.1, 0.15) is 24.5 Å². The largest absolute Gasteiger partial charge is 0.326 e. The monoisotopic (exact) mass is 426 g/mol. The highest BCUT2D eigenvalue weighted by molar-refractivity contribution is 7.21. The fourth-order valence-electron chi connectivity index (χ4n) is 2.92. The molecule has 0 aliphatic carbocycles. The maximum absolute atomic E-state index is 14.0. The summed E-state index contributed by atoms with van der Waals surface area (Å²) >= 11 is 2.95. The van der Waals surface area contributed by atoms with E-state index in [9.17, 15) is 9.18 Å². The molecule has 4 aromatic rings. The number of urea groups is 1. The zero-order valence-corrected chi connectivity index (χ0v) is 17.7. The average molecular weight is 427 g/mol. The summed E-state index contributed by atoms with van der Waals surface area (Å²) in [4.78, 5) is 21.7. The maximum Gasteiger partial charge on any atom is 0.320 e. The van der Waals surface area contributed by atoms with E-state index in [2.05, 4.69) is 20.6 Å². The van der Waals surface area contributed by atoms with Gasteiger partial charge in [-0.1, -0.05) is 12.1 Å². The number of halogens is 1. The van der Waals surface area contributed by atoms with Crippen LogP contribution in [-0.2, 0) is 5.54 Å². The fourth-order valence-corrected chi connectivity index (χ4v) is 4.79. The summed E-state index contributed by atoms with van der Waals surface area (Å²) in [6, 6.07) is 11.6. The first kappa shape index (κ1) is 19.5. The van der Waals surface area contributed by atoms with E-state index in [-0.39, 0.29) is 5.82 Å². The fraction of sp³-hybridized carbons (Fsp3) is 0.190. The van der Waals surface area contributed by atoms with Gasteiger partial charge in [-0.05, 0) is 51.1 Å². The number of para-hydroxylation sites is 1. The molecule has 0 atom stereocenters. The molecule has 5 nitrogen and oxygen atoms in total. The number of hydrogen-bond acceptors (Lipinski definition) is 5. The number of anilines is 1. The molecule has 0 aliphatic heterocycles. The van der Waals surface area contributed by atoms with Gasteiger partial charge >= 0.3 is 6.03 Å². The molecule has 0 saturated heterocycles. The quantitative estimate of drug-likeness (QED) is 0.425. The van der Waals surface area contributed by atoms with E-state index in [1.54, 1.807) is 6.07 Å². The number of thiazole rings is 2. The minimum absolute atomic E-state index is 0.385. The summed E-state index contributed by atoms with van der Waals surface area (Å²) in [6.45, 7) is 5.70. The van der Waals surface area contributed by atoms with Gasteiger partial charge in [-0.3, -0.25) is 0 Å². The van der Waals surface area contributed by atoms with Crippen molar-refractivity contribution in [3.8, 4) is 10.6 Å². The molecule has 2 aromatic heterocycles. The number of aryl methyl sites for hydroxylation is 1. The lowest BCUT2D eigenvalue weighted by Crippen LogP contribution is -2.43. The number of fused-ring (bicyclic) bond motifs is 1. The van der Waals surface area contributed by atoms with Gasteiger partial charge in [-0.2, -0.15) is 0 Å². The Labute approximate surface area is 175 Å². The Bertz CT molecular complexity index is 1170. The number of rotatable bonds is 4. The molecular formula is C21H19FN4OS2. The predicted molar refractivity (Wildman–Crippen MR) is 117 cm³/mol. The number of amides is 2. The number of aromatic nitrogens is 2. The molecular weight excluding hydrogens is 407 g/mol. The molecule has 0 unspecified atom stereocenters. The summed E-state index contributed by atoms with van der Waals surface area (Å²) in [6.07, 6.45) is 0. The minimum Gasteiger partial charge on any atom is -0.326 e. The van der Waals surface area contributed by atoms with Crippen molar-refractivity contribution in [1.82, 2.24) is 15.3 Å². The Balaban J connectivity index is 1.61. The van der Waals surface area contributed by atoms with Crippen LogP contribution < -0.4 is 10.6 Å². The molecule has 0 radical (unpaired) electrons. The van der Waals surface area contributed by atoms with Crippen molar-refractivity contribution in [2.45, 2.75) is 26.3 Å². The Morgan fingerprint density at radius 3 is 2.66 bits per heavy atom. The third-order valence-electron chi connectivity index (χ3n) is 4.33. The van der Waals surface area contributed by atoms with E-state index in [4.69, 9.17) is 0 Å². The van der Waals surface area contributed by atoms with Crippen LogP contribution in [0.15, 0.2) is 47.8 Å². The van der Waals surface area contributed by atoms with Gasteiger partial charge in [0.1, 0.15) is 15.8 Å². The molecule has 2 N–H and O–H groups in total. The van der Waals surface area contributed by atoms with Crippen molar-refractivity contribution in [1.29, 1.82) is 0 Å². The van der Waals surface area contributed by atoms with E-state index in [0.29, 0.717) is 16.3 Å². The van der Waals surface area contributed by atoms with Crippen LogP contribution in [0.25, 0.3) is 20.8 Å². The SMILES string of the molecule is Cc1csc(C(C)(C)NC(=O)Nc2ccc(F)cc2-c2nc3ccccc3s2)n1. The first-order chi connectivity index (χ1) is 13.8. The normalized spacial score (nSPS) is 11.6. The second kappa shape index (κ2) is 7.53. The zero-order chi connectivity index (χ0) is 20.6. The zero-order valence-electron chi connectivity index (χ0n) is 16.1. The number of nitrogens with zero attached hydrogens (tertiary/aromatic N) is 2. The maximum atomic E-state index is 14.0. The van der Waals surface area contributed by atoms with Crippen LogP contribution in [-0.4, -0.2) is 16.0 Å². The standard InChI is InChI=1S/C21H19FN4OS2/c1-12-11-28-19(23-12)21(2,3)26-20(27)25-15-9-8-13(22)10-14(15)18-24-16-6-4-5-7-17(16)29-18/h4-11H,1-3H3,(H2,25,26,27). The first-order valence-corrected chi connectivity index (χ1v) is 10.7. The van der Waals surface area contributed by atoms with Crippen LogP contribution in [0.3, 0.4) is 0 Å². The van der Waals surface area contributed by atoms with Gasteiger partial charge in [0.15, 0.2) is 0 Å². The van der Waals surface area contributed by atoms with Crippen molar-refractivity contribution >= 4 is 44.6 Å². The molecule has 148 valence electrons. The number of hydrogen-bond donors (Lipinski definition) is 2. The van der Waals surface area contributed by atoms with Crippen LogP contribution in [0, 0.1) is 12.7 Å². The molecule has 0 bridgehead atoms. The molecule has 2 heterocycles. The number of benzene rings is 2. The third kappa shape index (κ3) is 4.13. The highest BCUT2D eigenvalue weighted by Crippen LogP contribution is 2.35. The van der Waals surface area contributed by atoms with Gasteiger partial charge in [0.05, 0.1) is 21.4 Å². The summed E-state index contributed by atoms with van der Waals surface area (Å²) < 4.78 is 15.0. The number of nitrogens with one attached hydrogen (secondary N) is 2. The lowest BCUT2D eigenvalue weighted by Gasteiger charge is -2.24. The third-order valence-corrected chi connectivity index (χ3v) is 6.69. The second-order valence-corrected chi connectivity index (χ2v) is 9.06. The first-order valence-electron chi connectivity index (χ1n) is 8.99. The van der Waals surface area contributed by atoms with Gasteiger partial charge in [0.25, 0.3) is 0 Å². The summed E-state index contributed by atoms with van der Waals surface area (Å²) in [5, 5.41) is 9.19. The predicted octanol–water partition coefficient (Wildman–Crippen LogP) is 5.92. The van der Waals surface area contributed by atoms with Crippen molar-refractivity contribution in [2.24, 2.45) is 0 Å². The smallest absolute Gasteiger partial charge is 0.320 e. The Morgan fingerprint density at radius 2 is 1.93 bits per heavy atom. The van der Waals surface area contributed by atoms with E-state index in [1.165, 1.54) is 34.8 Å². The Morgan fingerprint density at radius 1 is 1.14 bits per heavy atom. The lowest BCUT2D eigenvalue weighted by molar-refractivity contribution is 0.241. The van der Waals surface area contributed by atoms with Crippen LogP contribution in [0.4, 0.5) is 14.9 Å². The number of carbonyl (C=O) groups is 1. The molecule has 0 fully saturated rings. The Hall–Kier alpha value is -2.84. The van der Waals surface area contributed by atoms with Gasteiger partial charge in [0.2, 0.25) is 0 Å². The molecule has 0 saturated carbocycles. The Kier molecular flexibility index (Phi) is 5.06. The summed E-state index contributed by atoms with van der Waals surface area (Å²) in [7, 11) is 0.